The van der Waals surface area contributed by atoms with Gasteiger partial charge in [-0.2, -0.15) is 5.26 Å². The topological polar surface area (TPSA) is 87.0 Å². The number of nitrogens with zero attached hydrogens (tertiary/aromatic N) is 1. The molecule has 0 bridgehead atoms. The first-order chi connectivity index (χ1) is 8.82. The lowest BCUT2D eigenvalue weighted by Crippen LogP contribution is -2.51. The fourth-order valence-electron chi connectivity index (χ4n) is 2.68. The van der Waals surface area contributed by atoms with Gasteiger partial charge in [-0.3, -0.25) is 4.79 Å². The maximum absolute atomic E-state index is 11.8. The maximum atomic E-state index is 11.8. The lowest BCUT2D eigenvalue weighted by atomic mass is 9.77. The van der Waals surface area contributed by atoms with Gasteiger partial charge >= 0.3 is 0 Å². The maximum Gasteiger partial charge on any atom is 0.236 e. The number of carbonyl (C=O) groups excluding carboxylic acids is 1. The molecule has 19 heavy (non-hydrogen) atoms. The van der Waals surface area contributed by atoms with Crippen molar-refractivity contribution < 1.29 is 13.2 Å². The zero-order valence-electron chi connectivity index (χ0n) is 11.6. The Balaban J connectivity index is 2.67. The van der Waals surface area contributed by atoms with Gasteiger partial charge in [-0.15, -0.1) is 0 Å². The Labute approximate surface area is 115 Å². The van der Waals surface area contributed by atoms with Gasteiger partial charge in [0.15, 0.2) is 9.84 Å². The van der Waals surface area contributed by atoms with Crippen LogP contribution < -0.4 is 5.32 Å². The van der Waals surface area contributed by atoms with Gasteiger partial charge in [-0.05, 0) is 31.6 Å². The fourth-order valence-corrected chi connectivity index (χ4v) is 3.92. The monoisotopic (exact) mass is 286 g/mol. The van der Waals surface area contributed by atoms with E-state index in [1.54, 1.807) is 6.92 Å². The number of sulfone groups is 1. The minimum atomic E-state index is -3.35. The van der Waals surface area contributed by atoms with Gasteiger partial charge < -0.3 is 5.32 Å². The molecule has 0 saturated heterocycles. The molecule has 1 saturated carbocycles. The summed E-state index contributed by atoms with van der Waals surface area (Å²) in [5.41, 5.74) is -0.878. The van der Waals surface area contributed by atoms with Crippen LogP contribution >= 0.6 is 0 Å². The van der Waals surface area contributed by atoms with Crippen LogP contribution in [0.15, 0.2) is 0 Å². The number of hydrogen-bond donors (Lipinski definition) is 1. The summed E-state index contributed by atoms with van der Waals surface area (Å²) in [4.78, 5) is 11.8. The van der Waals surface area contributed by atoms with Gasteiger partial charge in [0.2, 0.25) is 5.91 Å². The summed E-state index contributed by atoms with van der Waals surface area (Å²) >= 11 is 0. The lowest BCUT2D eigenvalue weighted by molar-refractivity contribution is -0.120. The predicted octanol–water partition coefficient (Wildman–Crippen LogP) is 1.40. The van der Waals surface area contributed by atoms with Gasteiger partial charge in [0.1, 0.15) is 11.3 Å². The average Bonchev–Trinajstić information content (AvgIpc) is 2.27. The summed E-state index contributed by atoms with van der Waals surface area (Å²) in [7, 11) is -3.35. The summed E-state index contributed by atoms with van der Waals surface area (Å²) in [6.45, 7) is 3.81. The molecule has 2 unspecified atom stereocenters. The van der Waals surface area contributed by atoms with E-state index >= 15 is 0 Å². The SMILES string of the molecule is CCCS(=O)(=O)CC(=O)NC1(C#N)CCCC(C)C1. The van der Waals surface area contributed by atoms with E-state index in [1.165, 1.54) is 0 Å². The Bertz CT molecular complexity index is 467. The lowest BCUT2D eigenvalue weighted by Gasteiger charge is -2.34. The van der Waals surface area contributed by atoms with E-state index in [4.69, 9.17) is 0 Å². The number of hydrogen-bond acceptors (Lipinski definition) is 4. The van der Waals surface area contributed by atoms with Crippen LogP contribution in [0.3, 0.4) is 0 Å². The molecule has 0 heterocycles. The third-order valence-electron chi connectivity index (χ3n) is 3.46. The number of nitriles is 1. The van der Waals surface area contributed by atoms with Crippen molar-refractivity contribution in [2.24, 2.45) is 5.92 Å². The molecule has 1 fully saturated rings. The third-order valence-corrected chi connectivity index (χ3v) is 5.19. The van der Waals surface area contributed by atoms with Crippen molar-refractivity contribution in [3.05, 3.63) is 0 Å². The quantitative estimate of drug-likeness (QED) is 0.827. The van der Waals surface area contributed by atoms with Crippen LogP contribution in [-0.2, 0) is 14.6 Å². The van der Waals surface area contributed by atoms with E-state index in [0.29, 0.717) is 25.2 Å². The van der Waals surface area contributed by atoms with Crippen LogP contribution in [0.5, 0.6) is 0 Å². The van der Waals surface area contributed by atoms with E-state index < -0.39 is 27.0 Å². The Morgan fingerprint density at radius 2 is 2.21 bits per heavy atom. The number of carbonyl (C=O) groups is 1. The number of rotatable bonds is 5. The molecule has 1 aliphatic carbocycles. The minimum Gasteiger partial charge on any atom is -0.337 e. The molecular weight excluding hydrogens is 264 g/mol. The van der Waals surface area contributed by atoms with Crippen molar-refractivity contribution in [1.29, 1.82) is 5.26 Å². The van der Waals surface area contributed by atoms with Crippen molar-refractivity contribution in [3.8, 4) is 6.07 Å². The van der Waals surface area contributed by atoms with Crippen LogP contribution in [0.2, 0.25) is 0 Å². The highest BCUT2D eigenvalue weighted by molar-refractivity contribution is 7.92. The second-order valence-corrected chi connectivity index (χ2v) is 7.72. The largest absolute Gasteiger partial charge is 0.337 e. The molecule has 1 amide bonds. The van der Waals surface area contributed by atoms with E-state index in [0.717, 1.165) is 12.8 Å². The van der Waals surface area contributed by atoms with Crippen molar-refractivity contribution in [1.82, 2.24) is 5.32 Å². The molecule has 108 valence electrons. The first-order valence-electron chi connectivity index (χ1n) is 6.75. The van der Waals surface area contributed by atoms with Crippen molar-refractivity contribution in [2.45, 2.75) is 51.5 Å². The normalized spacial score (nSPS) is 27.5. The molecule has 0 aliphatic heterocycles. The summed E-state index contributed by atoms with van der Waals surface area (Å²) < 4.78 is 23.2. The van der Waals surface area contributed by atoms with Crippen molar-refractivity contribution in [3.63, 3.8) is 0 Å². The number of nitrogens with one attached hydrogen (secondary N) is 1. The highest BCUT2D eigenvalue weighted by Gasteiger charge is 2.37. The summed E-state index contributed by atoms with van der Waals surface area (Å²) in [6, 6.07) is 2.17. The molecule has 6 heteroatoms. The molecule has 1 N–H and O–H groups in total. The van der Waals surface area contributed by atoms with E-state index in [-0.39, 0.29) is 5.75 Å². The molecule has 0 aromatic rings. The third kappa shape index (κ3) is 4.83. The molecule has 2 atom stereocenters. The molecule has 0 aromatic heterocycles. The summed E-state index contributed by atoms with van der Waals surface area (Å²) in [5.74, 6) is -0.681. The number of amides is 1. The highest BCUT2D eigenvalue weighted by atomic mass is 32.2. The van der Waals surface area contributed by atoms with Crippen LogP contribution in [0, 0.1) is 17.2 Å². The average molecular weight is 286 g/mol. The Morgan fingerprint density at radius 3 is 2.74 bits per heavy atom. The zero-order chi connectivity index (χ0) is 14.5. The molecule has 0 spiro atoms. The zero-order valence-corrected chi connectivity index (χ0v) is 12.4. The van der Waals surface area contributed by atoms with E-state index in [2.05, 4.69) is 11.4 Å². The van der Waals surface area contributed by atoms with Crippen molar-refractivity contribution >= 4 is 15.7 Å². The standard InChI is InChI=1S/C13H22N2O3S/c1-3-7-19(17,18)9-12(16)15-13(10-14)6-4-5-11(2)8-13/h11H,3-9H2,1-2H3,(H,15,16). The molecular formula is C13H22N2O3S. The predicted molar refractivity (Wildman–Crippen MR) is 73.1 cm³/mol. The smallest absolute Gasteiger partial charge is 0.236 e. The summed E-state index contributed by atoms with van der Waals surface area (Å²) in [5, 5.41) is 11.9. The minimum absolute atomic E-state index is 0.0103. The first-order valence-corrected chi connectivity index (χ1v) is 8.57. The van der Waals surface area contributed by atoms with Crippen LogP contribution in [-0.4, -0.2) is 31.4 Å². The van der Waals surface area contributed by atoms with Gasteiger partial charge in [0, 0.05) is 0 Å². The fraction of sp³-hybridized carbons (Fsp3) is 0.846. The van der Waals surface area contributed by atoms with Crippen LogP contribution in [0.25, 0.3) is 0 Å². The Morgan fingerprint density at radius 1 is 1.53 bits per heavy atom. The Kier molecular flexibility index (Phi) is 5.36. The second kappa shape index (κ2) is 6.38. The van der Waals surface area contributed by atoms with Gasteiger partial charge in [0.25, 0.3) is 0 Å². The van der Waals surface area contributed by atoms with Gasteiger partial charge in [0.05, 0.1) is 11.8 Å². The van der Waals surface area contributed by atoms with E-state index in [1.807, 2.05) is 6.92 Å². The second-order valence-electron chi connectivity index (χ2n) is 5.54. The van der Waals surface area contributed by atoms with Crippen LogP contribution in [0.1, 0.15) is 46.0 Å². The van der Waals surface area contributed by atoms with Gasteiger partial charge in [-0.1, -0.05) is 20.3 Å². The first kappa shape index (κ1) is 16.0. The summed E-state index contributed by atoms with van der Waals surface area (Å²) in [6.07, 6.45) is 3.64. The molecule has 1 aliphatic rings. The molecule has 5 nitrogen and oxygen atoms in total. The highest BCUT2D eigenvalue weighted by Crippen LogP contribution is 2.31. The molecule has 0 aromatic carbocycles. The van der Waals surface area contributed by atoms with E-state index in [9.17, 15) is 18.5 Å². The Hall–Kier alpha value is -1.09. The van der Waals surface area contributed by atoms with Crippen LogP contribution in [0.4, 0.5) is 0 Å². The molecule has 1 rings (SSSR count). The van der Waals surface area contributed by atoms with Gasteiger partial charge in [-0.25, -0.2) is 8.42 Å². The van der Waals surface area contributed by atoms with Crippen molar-refractivity contribution in [2.75, 3.05) is 11.5 Å². The molecule has 0 radical (unpaired) electrons.